The van der Waals surface area contributed by atoms with Gasteiger partial charge in [-0.1, -0.05) is 89.5 Å². The second-order valence-electron chi connectivity index (χ2n) is 10.7. The Morgan fingerprint density at radius 2 is 1.16 bits per heavy atom. The molecule has 4 atom stereocenters. The second-order valence-corrected chi connectivity index (χ2v) is 10.7. The third-order valence-electron chi connectivity index (χ3n) is 7.61. The molecular weight excluding hydrogens is 476 g/mol. The molecule has 5 heteroatoms. The summed E-state index contributed by atoms with van der Waals surface area (Å²) in [5, 5.41) is 0. The molecule has 4 rings (SSSR count). The molecule has 0 bridgehead atoms. The third kappa shape index (κ3) is 9.00. The quantitative estimate of drug-likeness (QED) is 0.205. The molecule has 38 heavy (non-hydrogen) atoms. The van der Waals surface area contributed by atoms with Crippen molar-refractivity contribution in [3.8, 4) is 11.5 Å². The van der Waals surface area contributed by atoms with Gasteiger partial charge in [0.2, 0.25) is 0 Å². The zero-order valence-corrected chi connectivity index (χ0v) is 23.6. The van der Waals surface area contributed by atoms with E-state index in [1.54, 1.807) is 0 Å². The third-order valence-corrected chi connectivity index (χ3v) is 7.61. The predicted molar refractivity (Wildman–Crippen MR) is 152 cm³/mol. The number of ether oxygens (including phenoxy) is 5. The Morgan fingerprint density at radius 3 is 1.79 bits per heavy atom. The fraction of sp³-hybridized carbons (Fsp3) is 0.636. The van der Waals surface area contributed by atoms with Gasteiger partial charge in [0.15, 0.2) is 6.29 Å². The Labute approximate surface area is 230 Å². The van der Waals surface area contributed by atoms with E-state index in [0.29, 0.717) is 6.61 Å². The van der Waals surface area contributed by atoms with E-state index in [-0.39, 0.29) is 24.6 Å². The summed E-state index contributed by atoms with van der Waals surface area (Å²) in [6.07, 6.45) is 14.1. The van der Waals surface area contributed by atoms with E-state index >= 15 is 0 Å². The highest BCUT2D eigenvalue weighted by atomic mass is 16.7. The molecule has 2 aromatic carbocycles. The minimum Gasteiger partial charge on any atom is -0.494 e. The van der Waals surface area contributed by atoms with Gasteiger partial charge in [-0.25, -0.2) is 0 Å². The van der Waals surface area contributed by atoms with Crippen molar-refractivity contribution in [1.29, 1.82) is 0 Å². The molecule has 0 aromatic heterocycles. The Hall–Kier alpha value is -2.08. The summed E-state index contributed by atoms with van der Waals surface area (Å²) in [5.41, 5.74) is 2.23. The van der Waals surface area contributed by atoms with Crippen molar-refractivity contribution in [3.63, 3.8) is 0 Å². The molecule has 0 saturated carbocycles. The highest BCUT2D eigenvalue weighted by molar-refractivity contribution is 5.29. The van der Waals surface area contributed by atoms with Crippen LogP contribution >= 0.6 is 0 Å². The summed E-state index contributed by atoms with van der Waals surface area (Å²) < 4.78 is 30.7. The lowest BCUT2D eigenvalue weighted by molar-refractivity contribution is -0.289. The summed E-state index contributed by atoms with van der Waals surface area (Å²) in [5.74, 6) is 1.85. The highest BCUT2D eigenvalue weighted by Crippen LogP contribution is 2.39. The van der Waals surface area contributed by atoms with Crippen LogP contribution in [0.4, 0.5) is 0 Å². The van der Waals surface area contributed by atoms with Crippen LogP contribution in [0.2, 0.25) is 0 Å². The molecule has 0 amide bonds. The first-order chi connectivity index (χ1) is 18.8. The minimum absolute atomic E-state index is 0.0422. The van der Waals surface area contributed by atoms with Gasteiger partial charge in [-0.15, -0.1) is 0 Å². The summed E-state index contributed by atoms with van der Waals surface area (Å²) in [6.45, 7) is 6.58. The molecule has 2 aliphatic rings. The van der Waals surface area contributed by atoms with Gasteiger partial charge >= 0.3 is 0 Å². The average Bonchev–Trinajstić information content (AvgIpc) is 2.97. The van der Waals surface area contributed by atoms with Gasteiger partial charge in [-0.2, -0.15) is 0 Å². The van der Waals surface area contributed by atoms with Crippen LogP contribution in [0, 0.1) is 0 Å². The van der Waals surface area contributed by atoms with Crippen molar-refractivity contribution in [1.82, 2.24) is 0 Å². The normalized spacial score (nSPS) is 23.1. The molecule has 2 saturated heterocycles. The van der Waals surface area contributed by atoms with E-state index in [9.17, 15) is 0 Å². The maximum absolute atomic E-state index is 6.42. The van der Waals surface area contributed by atoms with Gasteiger partial charge < -0.3 is 23.7 Å². The average molecular weight is 525 g/mol. The van der Waals surface area contributed by atoms with Crippen LogP contribution in [0.3, 0.4) is 0 Å². The second kappa shape index (κ2) is 16.1. The molecule has 2 aliphatic heterocycles. The lowest BCUT2D eigenvalue weighted by Gasteiger charge is -2.42. The molecule has 0 radical (unpaired) electrons. The zero-order chi connectivity index (χ0) is 26.4. The van der Waals surface area contributed by atoms with Crippen LogP contribution in [-0.4, -0.2) is 32.0 Å². The van der Waals surface area contributed by atoms with Crippen LogP contribution in [0.5, 0.6) is 11.5 Å². The van der Waals surface area contributed by atoms with E-state index in [0.717, 1.165) is 56.0 Å². The van der Waals surface area contributed by atoms with E-state index < -0.39 is 0 Å². The summed E-state index contributed by atoms with van der Waals surface area (Å²) in [7, 11) is 0. The van der Waals surface area contributed by atoms with Gasteiger partial charge in [0.1, 0.15) is 17.6 Å². The fourth-order valence-electron chi connectivity index (χ4n) is 5.26. The summed E-state index contributed by atoms with van der Waals surface area (Å²) in [6, 6.07) is 16.6. The molecule has 0 unspecified atom stereocenters. The van der Waals surface area contributed by atoms with Gasteiger partial charge in [-0.3, -0.25) is 0 Å². The van der Waals surface area contributed by atoms with Crippen molar-refractivity contribution in [3.05, 3.63) is 59.7 Å². The highest BCUT2D eigenvalue weighted by Gasteiger charge is 2.38. The van der Waals surface area contributed by atoms with Gasteiger partial charge in [0.25, 0.3) is 0 Å². The number of fused-ring (bicyclic) bond motifs is 1. The molecule has 2 heterocycles. The van der Waals surface area contributed by atoms with Crippen molar-refractivity contribution in [2.75, 3.05) is 19.8 Å². The summed E-state index contributed by atoms with van der Waals surface area (Å²) >= 11 is 0. The van der Waals surface area contributed by atoms with Crippen molar-refractivity contribution >= 4 is 0 Å². The van der Waals surface area contributed by atoms with E-state index in [1.807, 2.05) is 12.1 Å². The van der Waals surface area contributed by atoms with Crippen molar-refractivity contribution < 1.29 is 23.7 Å². The molecule has 2 aromatic rings. The Bertz CT molecular complexity index is 897. The van der Waals surface area contributed by atoms with Crippen molar-refractivity contribution in [2.24, 2.45) is 0 Å². The number of hydrogen-bond acceptors (Lipinski definition) is 5. The Morgan fingerprint density at radius 1 is 0.605 bits per heavy atom. The SMILES string of the molecule is CCCCCCCCOc1ccc([C@@H]2OC[C@H]3O[C@@H](c4ccc(OCCCCCC)cc4)CC[C@@H]3O2)cc1. The molecular formula is C33H48O5. The molecule has 0 aliphatic carbocycles. The van der Waals surface area contributed by atoms with Crippen LogP contribution in [-0.2, 0) is 14.2 Å². The molecule has 2 fully saturated rings. The monoisotopic (exact) mass is 524 g/mol. The number of rotatable bonds is 16. The molecule has 5 nitrogen and oxygen atoms in total. The maximum atomic E-state index is 6.42. The molecule has 0 N–H and O–H groups in total. The van der Waals surface area contributed by atoms with Gasteiger partial charge in [0.05, 0.1) is 32.0 Å². The topological polar surface area (TPSA) is 46.2 Å². The standard InChI is InChI=1S/C33H48O5/c1-3-5-7-9-10-12-24-35-29-19-15-27(16-20-29)33-36-25-32-31(38-33)22-21-30(37-32)26-13-17-28(18-14-26)34-23-11-8-6-4-2/h13-20,30-33H,3-12,21-25H2,1-2H3/t30-,31+,32-,33-/m1/s1. The van der Waals surface area contributed by atoms with E-state index in [1.165, 1.54) is 56.9 Å². The van der Waals surface area contributed by atoms with Crippen molar-refractivity contribution in [2.45, 2.75) is 115 Å². The summed E-state index contributed by atoms with van der Waals surface area (Å²) in [4.78, 5) is 0. The lowest BCUT2D eigenvalue weighted by Crippen LogP contribution is -2.45. The first-order valence-corrected chi connectivity index (χ1v) is 15.1. The number of unbranched alkanes of at least 4 members (excludes halogenated alkanes) is 8. The van der Waals surface area contributed by atoms with Crippen LogP contribution in [0.1, 0.15) is 114 Å². The first-order valence-electron chi connectivity index (χ1n) is 15.1. The van der Waals surface area contributed by atoms with Gasteiger partial charge in [-0.05, 0) is 55.5 Å². The van der Waals surface area contributed by atoms with Crippen LogP contribution in [0.15, 0.2) is 48.5 Å². The van der Waals surface area contributed by atoms with Gasteiger partial charge in [0, 0.05) is 5.56 Å². The van der Waals surface area contributed by atoms with Crippen LogP contribution < -0.4 is 9.47 Å². The van der Waals surface area contributed by atoms with E-state index in [2.05, 4.69) is 50.2 Å². The Kier molecular flexibility index (Phi) is 12.3. The largest absolute Gasteiger partial charge is 0.494 e. The molecule has 210 valence electrons. The molecule has 0 spiro atoms. The van der Waals surface area contributed by atoms with Crippen LogP contribution in [0.25, 0.3) is 0 Å². The number of benzene rings is 2. The van der Waals surface area contributed by atoms with E-state index in [4.69, 9.17) is 23.7 Å². The zero-order valence-electron chi connectivity index (χ0n) is 23.6. The smallest absolute Gasteiger partial charge is 0.184 e. The lowest BCUT2D eigenvalue weighted by atomic mass is 9.95. The first kappa shape index (κ1) is 28.9. The minimum atomic E-state index is -0.349. The Balaban J connectivity index is 1.17. The maximum Gasteiger partial charge on any atom is 0.184 e. The predicted octanol–water partition coefficient (Wildman–Crippen LogP) is 8.72. The number of hydrogen-bond donors (Lipinski definition) is 0. The fourth-order valence-corrected chi connectivity index (χ4v) is 5.26.